The van der Waals surface area contributed by atoms with E-state index in [4.69, 9.17) is 23.2 Å². The molecule has 4 aromatic rings. The van der Waals surface area contributed by atoms with E-state index in [0.717, 1.165) is 0 Å². The lowest BCUT2D eigenvalue weighted by molar-refractivity contribution is 0.0952. The molecule has 1 amide bonds. The molecule has 0 saturated heterocycles. The zero-order valence-electron chi connectivity index (χ0n) is 17.5. The highest BCUT2D eigenvalue weighted by Crippen LogP contribution is 2.30. The van der Waals surface area contributed by atoms with E-state index in [1.807, 2.05) is 0 Å². The summed E-state index contributed by atoms with van der Waals surface area (Å²) in [6.45, 7) is 0.181. The number of anilines is 1. The van der Waals surface area contributed by atoms with Crippen molar-refractivity contribution in [2.75, 3.05) is 4.72 Å². The molecule has 0 aliphatic carbocycles. The van der Waals surface area contributed by atoms with Crippen molar-refractivity contribution in [3.05, 3.63) is 106 Å². The summed E-state index contributed by atoms with van der Waals surface area (Å²) in [6.07, 6.45) is 0. The van der Waals surface area contributed by atoms with Crippen molar-refractivity contribution < 1.29 is 13.2 Å². The number of hydrogen-bond donors (Lipinski definition) is 2. The fraction of sp³-hybridized carbons (Fsp3) is 0.0400. The first-order valence-corrected chi connectivity index (χ1v) is 12.3. The van der Waals surface area contributed by atoms with Gasteiger partial charge in [0.05, 0.1) is 22.2 Å². The molecule has 34 heavy (non-hydrogen) atoms. The summed E-state index contributed by atoms with van der Waals surface area (Å²) in [5.41, 5.74) is 1.86. The minimum absolute atomic E-state index is 0.0768. The second kappa shape index (κ2) is 9.74. The fourth-order valence-electron chi connectivity index (χ4n) is 3.54. The van der Waals surface area contributed by atoms with E-state index in [0.29, 0.717) is 33.2 Å². The SMILES string of the molecule is N#Cc1ccccc1CNC(=O)c1cccc2c(NS(=O)(=O)c3cc(Cl)cc(Cl)c3)cccc12. The number of nitrogens with one attached hydrogen (secondary N) is 2. The molecule has 0 radical (unpaired) electrons. The zero-order valence-corrected chi connectivity index (χ0v) is 19.9. The van der Waals surface area contributed by atoms with Crippen molar-refractivity contribution in [3.8, 4) is 6.07 Å². The van der Waals surface area contributed by atoms with E-state index < -0.39 is 10.0 Å². The van der Waals surface area contributed by atoms with Crippen LogP contribution >= 0.6 is 23.2 Å². The van der Waals surface area contributed by atoms with Crippen LogP contribution in [0.5, 0.6) is 0 Å². The summed E-state index contributed by atoms with van der Waals surface area (Å²) in [5, 5.41) is 13.6. The third-order valence-corrected chi connectivity index (χ3v) is 6.92. The Labute approximate surface area is 206 Å². The quantitative estimate of drug-likeness (QED) is 0.345. The number of hydrogen-bond acceptors (Lipinski definition) is 4. The molecule has 0 bridgehead atoms. The summed E-state index contributed by atoms with van der Waals surface area (Å²) in [7, 11) is -3.99. The highest BCUT2D eigenvalue weighted by atomic mass is 35.5. The van der Waals surface area contributed by atoms with Gasteiger partial charge in [0.25, 0.3) is 15.9 Å². The van der Waals surface area contributed by atoms with Crippen LogP contribution in [0.1, 0.15) is 21.5 Å². The second-order valence-electron chi connectivity index (χ2n) is 7.37. The summed E-state index contributed by atoms with van der Waals surface area (Å²) >= 11 is 11.9. The molecule has 170 valence electrons. The Morgan fingerprint density at radius 1 is 0.882 bits per heavy atom. The van der Waals surface area contributed by atoms with Gasteiger partial charge in [-0.25, -0.2) is 8.42 Å². The average Bonchev–Trinajstić information content (AvgIpc) is 2.81. The van der Waals surface area contributed by atoms with Crippen LogP contribution in [0.4, 0.5) is 5.69 Å². The first-order chi connectivity index (χ1) is 16.3. The minimum atomic E-state index is -3.99. The molecular formula is C25H17Cl2N3O3S. The van der Waals surface area contributed by atoms with Crippen LogP contribution < -0.4 is 10.0 Å². The molecule has 0 fully saturated rings. The molecule has 4 aromatic carbocycles. The van der Waals surface area contributed by atoms with Crippen molar-refractivity contribution >= 4 is 55.6 Å². The van der Waals surface area contributed by atoms with Crippen molar-refractivity contribution in [2.45, 2.75) is 11.4 Å². The number of benzene rings is 4. The van der Waals surface area contributed by atoms with Crippen molar-refractivity contribution in [2.24, 2.45) is 0 Å². The summed E-state index contributed by atoms with van der Waals surface area (Å²) in [5.74, 6) is -0.347. The predicted octanol–water partition coefficient (Wildman–Crippen LogP) is 5.75. The number of carbonyl (C=O) groups excluding carboxylic acids is 1. The predicted molar refractivity (Wildman–Crippen MR) is 134 cm³/mol. The lowest BCUT2D eigenvalue weighted by Gasteiger charge is -2.14. The first-order valence-electron chi connectivity index (χ1n) is 10.1. The number of halogens is 2. The van der Waals surface area contributed by atoms with E-state index in [9.17, 15) is 18.5 Å². The lowest BCUT2D eigenvalue weighted by Crippen LogP contribution is -2.23. The molecule has 9 heteroatoms. The van der Waals surface area contributed by atoms with Crippen molar-refractivity contribution in [1.82, 2.24) is 5.32 Å². The van der Waals surface area contributed by atoms with Crippen LogP contribution in [0.2, 0.25) is 10.0 Å². The number of fused-ring (bicyclic) bond motifs is 1. The molecule has 0 unspecified atom stereocenters. The molecule has 6 nitrogen and oxygen atoms in total. The molecule has 4 rings (SSSR count). The molecule has 0 spiro atoms. The first kappa shape index (κ1) is 23.6. The van der Waals surface area contributed by atoms with Gasteiger partial charge in [-0.1, -0.05) is 65.7 Å². The van der Waals surface area contributed by atoms with Gasteiger partial charge < -0.3 is 5.32 Å². The van der Waals surface area contributed by atoms with Gasteiger partial charge in [-0.15, -0.1) is 0 Å². The van der Waals surface area contributed by atoms with E-state index in [1.54, 1.807) is 60.7 Å². The van der Waals surface area contributed by atoms with Crippen LogP contribution in [-0.4, -0.2) is 14.3 Å². The zero-order chi connectivity index (χ0) is 24.3. The van der Waals surface area contributed by atoms with E-state index in [1.165, 1.54) is 18.2 Å². The maximum atomic E-state index is 13.0. The largest absolute Gasteiger partial charge is 0.348 e. The minimum Gasteiger partial charge on any atom is -0.348 e. The molecular weight excluding hydrogens is 493 g/mol. The van der Waals surface area contributed by atoms with Crippen LogP contribution in [0.25, 0.3) is 10.8 Å². The number of sulfonamides is 1. The molecule has 2 N–H and O–H groups in total. The van der Waals surface area contributed by atoms with Crippen LogP contribution in [-0.2, 0) is 16.6 Å². The third kappa shape index (κ3) is 5.00. The Morgan fingerprint density at radius 2 is 1.56 bits per heavy atom. The Hall–Kier alpha value is -3.57. The van der Waals surface area contributed by atoms with Gasteiger partial charge in [0.2, 0.25) is 0 Å². The number of nitrogens with zero attached hydrogens (tertiary/aromatic N) is 1. The smallest absolute Gasteiger partial charge is 0.262 e. The van der Waals surface area contributed by atoms with Gasteiger partial charge >= 0.3 is 0 Å². The number of nitriles is 1. The van der Waals surface area contributed by atoms with Crippen LogP contribution in [0.3, 0.4) is 0 Å². The Kier molecular flexibility index (Phi) is 6.75. The Morgan fingerprint density at radius 3 is 2.29 bits per heavy atom. The molecule has 0 saturated carbocycles. The van der Waals surface area contributed by atoms with Crippen molar-refractivity contribution in [3.63, 3.8) is 0 Å². The van der Waals surface area contributed by atoms with Gasteiger partial charge in [-0.2, -0.15) is 5.26 Å². The van der Waals surface area contributed by atoms with Gasteiger partial charge in [-0.3, -0.25) is 9.52 Å². The van der Waals surface area contributed by atoms with E-state index >= 15 is 0 Å². The topological polar surface area (TPSA) is 99.1 Å². The summed E-state index contributed by atoms with van der Waals surface area (Å²) < 4.78 is 28.5. The van der Waals surface area contributed by atoms with Crippen LogP contribution in [0.15, 0.2) is 83.8 Å². The number of carbonyl (C=O) groups is 1. The normalized spacial score (nSPS) is 11.1. The molecule has 0 aliphatic rings. The van der Waals surface area contributed by atoms with Crippen LogP contribution in [0, 0.1) is 11.3 Å². The molecule has 0 atom stereocenters. The average molecular weight is 510 g/mol. The van der Waals surface area contributed by atoms with E-state index in [2.05, 4.69) is 16.1 Å². The molecule has 0 heterocycles. The van der Waals surface area contributed by atoms with Gasteiger partial charge in [-0.05, 0) is 47.3 Å². The second-order valence-corrected chi connectivity index (χ2v) is 9.92. The molecule has 0 aromatic heterocycles. The highest BCUT2D eigenvalue weighted by molar-refractivity contribution is 7.92. The maximum Gasteiger partial charge on any atom is 0.262 e. The van der Waals surface area contributed by atoms with Gasteiger partial charge in [0.15, 0.2) is 0 Å². The maximum absolute atomic E-state index is 13.0. The number of rotatable bonds is 6. The van der Waals surface area contributed by atoms with E-state index in [-0.39, 0.29) is 27.4 Å². The standard InChI is InChI=1S/C25H17Cl2N3O3S/c26-18-11-19(27)13-20(12-18)34(32,33)30-24-10-4-7-21-22(24)8-3-9-23(21)25(31)29-15-17-6-2-1-5-16(17)14-28/h1-13,30H,15H2,(H,29,31). The summed E-state index contributed by atoms with van der Waals surface area (Å²) in [6, 6.07) is 23.2. The monoisotopic (exact) mass is 509 g/mol. The summed E-state index contributed by atoms with van der Waals surface area (Å²) in [4.78, 5) is 12.9. The lowest BCUT2D eigenvalue weighted by atomic mass is 10.0. The Bertz CT molecular complexity index is 1540. The third-order valence-electron chi connectivity index (χ3n) is 5.13. The van der Waals surface area contributed by atoms with Gasteiger partial charge in [0.1, 0.15) is 0 Å². The van der Waals surface area contributed by atoms with Gasteiger partial charge in [0, 0.05) is 27.5 Å². The number of amides is 1. The highest BCUT2D eigenvalue weighted by Gasteiger charge is 2.18. The van der Waals surface area contributed by atoms with Crippen molar-refractivity contribution in [1.29, 1.82) is 5.26 Å². The fourth-order valence-corrected chi connectivity index (χ4v) is 5.34. The Balaban J connectivity index is 1.65. The molecule has 0 aliphatic heterocycles.